The van der Waals surface area contributed by atoms with Gasteiger partial charge in [-0.25, -0.2) is 0 Å². The zero-order valence-electron chi connectivity index (χ0n) is 16.9. The average Bonchev–Trinajstić information content (AvgIpc) is 2.68. The average molecular weight is 392 g/mol. The molecule has 1 amide bonds. The molecule has 0 aliphatic heterocycles. The number of carbonyl (C=O) groups excluding carboxylic acids is 2. The highest BCUT2D eigenvalue weighted by molar-refractivity contribution is 5.75. The van der Waals surface area contributed by atoms with Crippen LogP contribution in [0.1, 0.15) is 33.1 Å². The van der Waals surface area contributed by atoms with Crippen LogP contribution in [0.4, 0.5) is 0 Å². The van der Waals surface area contributed by atoms with Gasteiger partial charge in [-0.1, -0.05) is 20.3 Å². The van der Waals surface area contributed by atoms with Crippen molar-refractivity contribution in [2.75, 3.05) is 72.6 Å². The lowest BCUT2D eigenvalue weighted by Gasteiger charge is -2.10. The van der Waals surface area contributed by atoms with E-state index < -0.39 is 0 Å². The minimum Gasteiger partial charge on any atom is -0.381 e. The number of hydrogen-bond donors (Lipinski definition) is 1. The minimum atomic E-state index is -0.0220. The van der Waals surface area contributed by atoms with Gasteiger partial charge >= 0.3 is 0 Å². The summed E-state index contributed by atoms with van der Waals surface area (Å²) in [6, 6.07) is 0. The van der Waals surface area contributed by atoms with E-state index in [1.54, 1.807) is 0 Å². The van der Waals surface area contributed by atoms with Gasteiger partial charge in [0.1, 0.15) is 6.29 Å². The summed E-state index contributed by atoms with van der Waals surface area (Å²) in [5, 5.41) is 2.79. The predicted octanol–water partition coefficient (Wildman–Crippen LogP) is 1.21. The van der Waals surface area contributed by atoms with Gasteiger partial charge in [-0.2, -0.15) is 0 Å². The van der Waals surface area contributed by atoms with Crippen LogP contribution in [-0.4, -0.2) is 84.8 Å². The first-order chi connectivity index (χ1) is 13.2. The Morgan fingerprint density at radius 2 is 1.41 bits per heavy atom. The first kappa shape index (κ1) is 25.9. The Morgan fingerprint density at radius 1 is 0.852 bits per heavy atom. The number of hydrogen-bond acceptors (Lipinski definition) is 7. The van der Waals surface area contributed by atoms with Gasteiger partial charge in [0.2, 0.25) is 5.91 Å². The lowest BCUT2D eigenvalue weighted by molar-refractivity contribution is -0.122. The van der Waals surface area contributed by atoms with Crippen molar-refractivity contribution in [1.29, 1.82) is 0 Å². The second kappa shape index (κ2) is 21.2. The number of ether oxygens (including phenoxy) is 5. The maximum absolute atomic E-state index is 11.6. The normalized spacial score (nSPS) is 12.1. The highest BCUT2D eigenvalue weighted by Gasteiger charge is 2.02. The fourth-order valence-electron chi connectivity index (χ4n) is 1.81. The van der Waals surface area contributed by atoms with Gasteiger partial charge in [0.25, 0.3) is 0 Å². The number of carbonyl (C=O) groups is 2. The van der Waals surface area contributed by atoms with Crippen LogP contribution in [0, 0.1) is 5.92 Å². The van der Waals surface area contributed by atoms with Crippen molar-refractivity contribution < 1.29 is 33.3 Å². The molecule has 8 heteroatoms. The Bertz CT molecular complexity index is 342. The van der Waals surface area contributed by atoms with Crippen LogP contribution < -0.4 is 5.32 Å². The third kappa shape index (κ3) is 21.1. The topological polar surface area (TPSA) is 92.3 Å². The summed E-state index contributed by atoms with van der Waals surface area (Å²) in [5.41, 5.74) is 0. The van der Waals surface area contributed by atoms with Gasteiger partial charge in [0.05, 0.1) is 59.5 Å². The molecule has 8 nitrogen and oxygen atoms in total. The van der Waals surface area contributed by atoms with Crippen LogP contribution in [0.25, 0.3) is 0 Å². The summed E-state index contributed by atoms with van der Waals surface area (Å²) in [6.45, 7) is 9.69. The third-order valence-corrected chi connectivity index (χ3v) is 3.64. The molecule has 1 N–H and O–H groups in total. The summed E-state index contributed by atoms with van der Waals surface area (Å²) in [7, 11) is 0. The highest BCUT2D eigenvalue weighted by atomic mass is 16.6. The Balaban J connectivity index is 3.15. The maximum atomic E-state index is 11.6. The monoisotopic (exact) mass is 391 g/mol. The Kier molecular flexibility index (Phi) is 20.4. The Morgan fingerprint density at radius 3 is 1.96 bits per heavy atom. The summed E-state index contributed by atoms with van der Waals surface area (Å²) < 4.78 is 26.7. The molecule has 0 aliphatic carbocycles. The fourth-order valence-corrected chi connectivity index (χ4v) is 1.81. The van der Waals surface area contributed by atoms with E-state index in [2.05, 4.69) is 19.2 Å². The quantitative estimate of drug-likeness (QED) is 0.232. The van der Waals surface area contributed by atoms with E-state index in [0.29, 0.717) is 91.4 Å². The van der Waals surface area contributed by atoms with Crippen molar-refractivity contribution >= 4 is 12.2 Å². The van der Waals surface area contributed by atoms with Gasteiger partial charge in [-0.3, -0.25) is 4.79 Å². The molecule has 0 radical (unpaired) electrons. The van der Waals surface area contributed by atoms with E-state index in [1.165, 1.54) is 0 Å². The molecule has 27 heavy (non-hydrogen) atoms. The molecule has 160 valence electrons. The van der Waals surface area contributed by atoms with Crippen molar-refractivity contribution in [1.82, 2.24) is 5.32 Å². The number of aldehydes is 1. The van der Waals surface area contributed by atoms with Gasteiger partial charge in [0.15, 0.2) is 0 Å². The fraction of sp³-hybridized carbons (Fsp3) is 0.895. The highest BCUT2D eigenvalue weighted by Crippen LogP contribution is 2.00. The zero-order chi connectivity index (χ0) is 20.0. The molecule has 1 unspecified atom stereocenters. The molecule has 0 spiro atoms. The van der Waals surface area contributed by atoms with Gasteiger partial charge in [-0.15, -0.1) is 0 Å². The van der Waals surface area contributed by atoms with Gasteiger partial charge in [0, 0.05) is 26.0 Å². The predicted molar refractivity (Wildman–Crippen MR) is 102 cm³/mol. The minimum absolute atomic E-state index is 0.0220. The van der Waals surface area contributed by atoms with Crippen molar-refractivity contribution in [3.05, 3.63) is 0 Å². The Labute approximate surface area is 163 Å². The molecule has 0 heterocycles. The second-order valence-electron chi connectivity index (χ2n) is 6.09. The first-order valence-corrected chi connectivity index (χ1v) is 9.79. The summed E-state index contributed by atoms with van der Waals surface area (Å²) in [4.78, 5) is 21.6. The second-order valence-corrected chi connectivity index (χ2v) is 6.09. The number of rotatable bonds is 21. The molecule has 0 aromatic heterocycles. The van der Waals surface area contributed by atoms with Gasteiger partial charge < -0.3 is 33.8 Å². The maximum Gasteiger partial charge on any atom is 0.222 e. The number of amides is 1. The molecule has 0 bridgehead atoms. The largest absolute Gasteiger partial charge is 0.381 e. The SMILES string of the molecule is CCC(C)COCCC(=O)NCCOCCOCCOCCOCCC=O. The van der Waals surface area contributed by atoms with Crippen LogP contribution in [-0.2, 0) is 33.3 Å². The van der Waals surface area contributed by atoms with E-state index in [9.17, 15) is 9.59 Å². The van der Waals surface area contributed by atoms with Crippen LogP contribution in [0.2, 0.25) is 0 Å². The molecule has 0 saturated heterocycles. The summed E-state index contributed by atoms with van der Waals surface area (Å²) >= 11 is 0. The van der Waals surface area contributed by atoms with E-state index in [0.717, 1.165) is 12.7 Å². The van der Waals surface area contributed by atoms with Crippen molar-refractivity contribution in [2.24, 2.45) is 5.92 Å². The molecule has 0 saturated carbocycles. The van der Waals surface area contributed by atoms with Crippen molar-refractivity contribution in [2.45, 2.75) is 33.1 Å². The van der Waals surface area contributed by atoms with Crippen molar-refractivity contribution in [3.8, 4) is 0 Å². The molecular weight excluding hydrogens is 354 g/mol. The first-order valence-electron chi connectivity index (χ1n) is 9.79. The molecule has 1 atom stereocenters. The molecule has 0 fully saturated rings. The molecule has 0 rings (SSSR count). The molecule has 0 aliphatic rings. The molecular formula is C19H37NO7. The van der Waals surface area contributed by atoms with E-state index in [4.69, 9.17) is 23.7 Å². The summed E-state index contributed by atoms with van der Waals surface area (Å²) in [6.07, 6.45) is 2.70. The lowest BCUT2D eigenvalue weighted by atomic mass is 10.1. The molecule has 0 aromatic rings. The van der Waals surface area contributed by atoms with E-state index in [-0.39, 0.29) is 5.91 Å². The summed E-state index contributed by atoms with van der Waals surface area (Å²) in [5.74, 6) is 0.509. The van der Waals surface area contributed by atoms with Crippen molar-refractivity contribution in [3.63, 3.8) is 0 Å². The van der Waals surface area contributed by atoms with Crippen LogP contribution in [0.5, 0.6) is 0 Å². The lowest BCUT2D eigenvalue weighted by Crippen LogP contribution is -2.28. The van der Waals surface area contributed by atoms with E-state index >= 15 is 0 Å². The van der Waals surface area contributed by atoms with Crippen LogP contribution in [0.15, 0.2) is 0 Å². The number of nitrogens with one attached hydrogen (secondary N) is 1. The smallest absolute Gasteiger partial charge is 0.222 e. The van der Waals surface area contributed by atoms with Crippen LogP contribution in [0.3, 0.4) is 0 Å². The van der Waals surface area contributed by atoms with Crippen LogP contribution >= 0.6 is 0 Å². The standard InChI is InChI=1S/C19H37NO7/c1-3-18(2)17-27-9-5-19(22)20-6-10-24-12-14-26-16-15-25-13-11-23-8-4-7-21/h7,18H,3-6,8-17H2,1-2H3,(H,20,22). The van der Waals surface area contributed by atoms with E-state index in [1.807, 2.05) is 0 Å². The molecule has 0 aromatic carbocycles. The van der Waals surface area contributed by atoms with Gasteiger partial charge in [-0.05, 0) is 5.92 Å². The Hall–Kier alpha value is -1.06. The third-order valence-electron chi connectivity index (χ3n) is 3.64. The zero-order valence-corrected chi connectivity index (χ0v) is 16.9.